The van der Waals surface area contributed by atoms with Crippen LogP contribution in [0.3, 0.4) is 0 Å². The lowest BCUT2D eigenvalue weighted by atomic mass is 9.85. The lowest BCUT2D eigenvalue weighted by molar-refractivity contribution is 0.0564. The molecule has 0 radical (unpaired) electrons. The fraction of sp³-hybridized carbons (Fsp3) is 0.700. The molecule has 0 fully saturated rings. The van der Waals surface area contributed by atoms with Gasteiger partial charge in [0.15, 0.2) is 0 Å². The third kappa shape index (κ3) is 7.47. The first-order chi connectivity index (χ1) is 10.6. The molecule has 0 amide bonds. The standard InChI is InChI=1S/C20H34O3/c1-14(2)17-8-7-16(4)19(22)9-6-15(3)12-18(21)13-20(5,23)11-10-17/h10-12,14,17-19,21-23H,4,6-9,13H2,1-3,5H3/b11-10+,15-12+/t17-,18+,19-,20-/m1/s1. The molecule has 0 bridgehead atoms. The van der Waals surface area contributed by atoms with E-state index in [9.17, 15) is 15.3 Å². The summed E-state index contributed by atoms with van der Waals surface area (Å²) in [6.07, 6.45) is 7.82. The van der Waals surface area contributed by atoms with E-state index in [2.05, 4.69) is 26.5 Å². The third-order valence-corrected chi connectivity index (χ3v) is 4.74. The molecule has 1 rings (SSSR count). The lowest BCUT2D eigenvalue weighted by Crippen LogP contribution is -2.27. The molecule has 0 aromatic heterocycles. The van der Waals surface area contributed by atoms with E-state index in [0.29, 0.717) is 18.3 Å². The Balaban J connectivity index is 2.98. The third-order valence-electron chi connectivity index (χ3n) is 4.74. The Morgan fingerprint density at radius 3 is 2.48 bits per heavy atom. The monoisotopic (exact) mass is 322 g/mol. The minimum Gasteiger partial charge on any atom is -0.389 e. The van der Waals surface area contributed by atoms with Crippen LogP contribution in [-0.4, -0.2) is 33.1 Å². The second-order valence-corrected chi connectivity index (χ2v) is 7.66. The molecule has 3 N–H and O–H groups in total. The number of aliphatic hydroxyl groups excluding tert-OH is 2. The maximum Gasteiger partial charge on any atom is 0.0827 e. The van der Waals surface area contributed by atoms with Crippen LogP contribution >= 0.6 is 0 Å². The van der Waals surface area contributed by atoms with Crippen molar-refractivity contribution in [1.29, 1.82) is 0 Å². The molecule has 1 aliphatic carbocycles. The second-order valence-electron chi connectivity index (χ2n) is 7.66. The van der Waals surface area contributed by atoms with Gasteiger partial charge >= 0.3 is 0 Å². The molecule has 0 saturated carbocycles. The van der Waals surface area contributed by atoms with Gasteiger partial charge in [-0.15, -0.1) is 0 Å². The van der Waals surface area contributed by atoms with E-state index in [0.717, 1.165) is 30.4 Å². The van der Waals surface area contributed by atoms with E-state index in [1.807, 2.05) is 13.0 Å². The van der Waals surface area contributed by atoms with Gasteiger partial charge in [0.2, 0.25) is 0 Å². The Kier molecular flexibility index (Phi) is 7.72. The summed E-state index contributed by atoms with van der Waals surface area (Å²) in [4.78, 5) is 0. The maximum atomic E-state index is 10.5. The minimum absolute atomic E-state index is 0.279. The first-order valence-corrected chi connectivity index (χ1v) is 8.73. The largest absolute Gasteiger partial charge is 0.389 e. The molecule has 0 aromatic carbocycles. The maximum absolute atomic E-state index is 10.5. The number of rotatable bonds is 1. The van der Waals surface area contributed by atoms with Crippen LogP contribution in [0.5, 0.6) is 0 Å². The van der Waals surface area contributed by atoms with Crippen molar-refractivity contribution in [3.63, 3.8) is 0 Å². The van der Waals surface area contributed by atoms with E-state index in [-0.39, 0.29) is 6.42 Å². The highest BCUT2D eigenvalue weighted by molar-refractivity contribution is 5.11. The summed E-state index contributed by atoms with van der Waals surface area (Å²) >= 11 is 0. The van der Waals surface area contributed by atoms with Crippen molar-refractivity contribution >= 4 is 0 Å². The Morgan fingerprint density at radius 2 is 1.87 bits per heavy atom. The van der Waals surface area contributed by atoms with Gasteiger partial charge in [0.1, 0.15) is 0 Å². The number of allylic oxidation sites excluding steroid dienone is 2. The van der Waals surface area contributed by atoms with Gasteiger partial charge in [-0.1, -0.05) is 44.2 Å². The van der Waals surface area contributed by atoms with Crippen LogP contribution in [0.25, 0.3) is 0 Å². The highest BCUT2D eigenvalue weighted by Gasteiger charge is 2.22. The molecule has 4 atom stereocenters. The van der Waals surface area contributed by atoms with E-state index in [4.69, 9.17) is 0 Å². The highest BCUT2D eigenvalue weighted by Crippen LogP contribution is 2.26. The first kappa shape index (κ1) is 20.1. The second kappa shape index (κ2) is 8.81. The molecular weight excluding hydrogens is 288 g/mol. The quantitative estimate of drug-likeness (QED) is 0.644. The van der Waals surface area contributed by atoms with Crippen molar-refractivity contribution < 1.29 is 15.3 Å². The van der Waals surface area contributed by atoms with Gasteiger partial charge in [-0.05, 0) is 56.9 Å². The zero-order valence-corrected chi connectivity index (χ0v) is 15.1. The van der Waals surface area contributed by atoms with Gasteiger partial charge in [0.25, 0.3) is 0 Å². The lowest BCUT2D eigenvalue weighted by Gasteiger charge is -2.25. The summed E-state index contributed by atoms with van der Waals surface area (Å²) in [7, 11) is 0. The molecule has 3 heteroatoms. The van der Waals surface area contributed by atoms with Crippen LogP contribution in [0.4, 0.5) is 0 Å². The smallest absolute Gasteiger partial charge is 0.0827 e. The highest BCUT2D eigenvalue weighted by atomic mass is 16.3. The Labute approximate surface area is 141 Å². The predicted molar refractivity (Wildman–Crippen MR) is 96.1 cm³/mol. The normalized spacial score (nSPS) is 38.7. The molecule has 3 nitrogen and oxygen atoms in total. The van der Waals surface area contributed by atoms with Crippen molar-refractivity contribution in [2.24, 2.45) is 11.8 Å². The van der Waals surface area contributed by atoms with Crippen molar-refractivity contribution in [2.45, 2.75) is 77.6 Å². The van der Waals surface area contributed by atoms with E-state index < -0.39 is 17.8 Å². The zero-order chi connectivity index (χ0) is 17.6. The van der Waals surface area contributed by atoms with Crippen molar-refractivity contribution in [3.05, 3.63) is 36.0 Å². The zero-order valence-electron chi connectivity index (χ0n) is 15.1. The molecule has 0 aromatic rings. The average Bonchev–Trinajstić information content (AvgIpc) is 2.42. The molecule has 0 spiro atoms. The summed E-state index contributed by atoms with van der Waals surface area (Å²) in [5.74, 6) is 0.773. The van der Waals surface area contributed by atoms with E-state index in [1.165, 1.54) is 0 Å². The molecule has 132 valence electrons. The van der Waals surface area contributed by atoms with Gasteiger partial charge in [0.05, 0.1) is 17.8 Å². The van der Waals surface area contributed by atoms with Gasteiger partial charge in [-0.3, -0.25) is 0 Å². The summed E-state index contributed by atoms with van der Waals surface area (Å²) < 4.78 is 0. The topological polar surface area (TPSA) is 60.7 Å². The Hall–Kier alpha value is -0.900. The SMILES string of the molecule is C=C1CC[C@@H](C(C)C)/C=C/[C@@](C)(O)C[C@@H](O)/C=C(\C)CC[C@H]1O. The molecule has 0 unspecified atom stereocenters. The van der Waals surface area contributed by atoms with Gasteiger partial charge in [-0.25, -0.2) is 0 Å². The average molecular weight is 322 g/mol. The van der Waals surface area contributed by atoms with Gasteiger partial charge in [-0.2, -0.15) is 0 Å². The summed E-state index contributed by atoms with van der Waals surface area (Å²) in [6.45, 7) is 12.0. The van der Waals surface area contributed by atoms with Gasteiger partial charge < -0.3 is 15.3 Å². The van der Waals surface area contributed by atoms with Crippen molar-refractivity contribution in [3.8, 4) is 0 Å². The number of aliphatic hydroxyl groups is 3. The fourth-order valence-corrected chi connectivity index (χ4v) is 3.03. The van der Waals surface area contributed by atoms with Gasteiger partial charge in [0, 0.05) is 6.42 Å². The van der Waals surface area contributed by atoms with Crippen LogP contribution in [0.2, 0.25) is 0 Å². The minimum atomic E-state index is -1.02. The van der Waals surface area contributed by atoms with Crippen LogP contribution in [0.1, 0.15) is 59.8 Å². The fourth-order valence-electron chi connectivity index (χ4n) is 3.03. The Morgan fingerprint density at radius 1 is 1.22 bits per heavy atom. The predicted octanol–water partition coefficient (Wildman–Crippen LogP) is 3.75. The molecule has 23 heavy (non-hydrogen) atoms. The molecule has 1 aliphatic rings. The molecule has 0 heterocycles. The molecular formula is C20H34O3. The summed E-state index contributed by atoms with van der Waals surface area (Å²) in [6, 6.07) is 0. The van der Waals surface area contributed by atoms with Crippen molar-refractivity contribution in [2.75, 3.05) is 0 Å². The first-order valence-electron chi connectivity index (χ1n) is 8.73. The van der Waals surface area contributed by atoms with Crippen LogP contribution < -0.4 is 0 Å². The molecule has 0 saturated heterocycles. The van der Waals surface area contributed by atoms with E-state index in [1.54, 1.807) is 13.0 Å². The summed E-state index contributed by atoms with van der Waals surface area (Å²) in [5.41, 5.74) is 0.881. The number of hydrogen-bond donors (Lipinski definition) is 3. The Bertz CT molecular complexity index is 446. The van der Waals surface area contributed by atoms with Crippen LogP contribution in [-0.2, 0) is 0 Å². The van der Waals surface area contributed by atoms with Crippen LogP contribution in [0.15, 0.2) is 36.0 Å². The van der Waals surface area contributed by atoms with E-state index >= 15 is 0 Å². The summed E-state index contributed by atoms with van der Waals surface area (Å²) in [5, 5.41) is 30.9. The van der Waals surface area contributed by atoms with Crippen LogP contribution in [0, 0.1) is 11.8 Å². The molecule has 0 aliphatic heterocycles. The van der Waals surface area contributed by atoms with Crippen molar-refractivity contribution in [1.82, 2.24) is 0 Å². The number of hydrogen-bond acceptors (Lipinski definition) is 3.